The number of carbonyl (C=O) groups excluding carboxylic acids is 2. The lowest BCUT2D eigenvalue weighted by atomic mass is 10.1. The van der Waals surface area contributed by atoms with Gasteiger partial charge in [-0.3, -0.25) is 9.59 Å². The fraction of sp³-hybridized carbons (Fsp3) is 0.200. The number of anilines is 2. The summed E-state index contributed by atoms with van der Waals surface area (Å²) in [7, 11) is 0. The average Bonchev–Trinajstić information content (AvgIpc) is 3.18. The van der Waals surface area contributed by atoms with Gasteiger partial charge in [0.25, 0.3) is 5.91 Å². The topological polar surface area (TPSA) is 84.0 Å². The van der Waals surface area contributed by atoms with Gasteiger partial charge in [0.15, 0.2) is 0 Å². The monoisotopic (exact) mass is 398 g/mol. The minimum Gasteiger partial charge on any atom is -0.326 e. The molecule has 2 amide bonds. The van der Waals surface area contributed by atoms with E-state index in [1.165, 1.54) is 29.8 Å². The van der Waals surface area contributed by atoms with Crippen LogP contribution in [0.3, 0.4) is 0 Å². The SMILES string of the molecule is CCc1ccc(NC(=O)CCc2nnc(C(=O)Nc3ccc(F)cc3)s2)cc1. The number of carbonyl (C=O) groups is 2. The van der Waals surface area contributed by atoms with Gasteiger partial charge in [-0.2, -0.15) is 0 Å². The lowest BCUT2D eigenvalue weighted by molar-refractivity contribution is -0.116. The molecule has 2 N–H and O–H groups in total. The van der Waals surface area contributed by atoms with Crippen LogP contribution in [-0.4, -0.2) is 22.0 Å². The van der Waals surface area contributed by atoms with Gasteiger partial charge in [0.2, 0.25) is 10.9 Å². The fourth-order valence-electron chi connectivity index (χ4n) is 2.43. The van der Waals surface area contributed by atoms with Crippen LogP contribution < -0.4 is 10.6 Å². The predicted octanol–water partition coefficient (Wildman–Crippen LogP) is 4.06. The van der Waals surface area contributed by atoms with Gasteiger partial charge in [-0.25, -0.2) is 4.39 Å². The van der Waals surface area contributed by atoms with Gasteiger partial charge < -0.3 is 10.6 Å². The molecular weight excluding hydrogens is 379 g/mol. The van der Waals surface area contributed by atoms with E-state index in [0.29, 0.717) is 17.1 Å². The summed E-state index contributed by atoms with van der Waals surface area (Å²) in [4.78, 5) is 24.3. The lowest BCUT2D eigenvalue weighted by Crippen LogP contribution is -2.12. The van der Waals surface area contributed by atoms with Gasteiger partial charge in [-0.05, 0) is 48.4 Å². The summed E-state index contributed by atoms with van der Waals surface area (Å²) < 4.78 is 12.9. The fourth-order valence-corrected chi connectivity index (χ4v) is 3.17. The normalized spacial score (nSPS) is 10.5. The number of benzene rings is 2. The Morgan fingerprint density at radius 1 is 0.964 bits per heavy atom. The predicted molar refractivity (Wildman–Crippen MR) is 107 cm³/mol. The second-order valence-corrected chi connectivity index (χ2v) is 7.12. The van der Waals surface area contributed by atoms with E-state index in [1.807, 2.05) is 24.3 Å². The Kier molecular flexibility index (Phi) is 6.44. The van der Waals surface area contributed by atoms with Crippen molar-refractivity contribution in [2.45, 2.75) is 26.2 Å². The van der Waals surface area contributed by atoms with Crippen LogP contribution in [0.25, 0.3) is 0 Å². The first-order chi connectivity index (χ1) is 13.5. The Labute approximate surface area is 165 Å². The van der Waals surface area contributed by atoms with E-state index in [9.17, 15) is 14.0 Å². The van der Waals surface area contributed by atoms with Crippen LogP contribution in [0.4, 0.5) is 15.8 Å². The van der Waals surface area contributed by atoms with Crippen molar-refractivity contribution >= 4 is 34.5 Å². The number of nitrogens with zero attached hydrogens (tertiary/aromatic N) is 2. The van der Waals surface area contributed by atoms with Gasteiger partial charge in [0.1, 0.15) is 10.8 Å². The number of nitrogens with one attached hydrogen (secondary N) is 2. The molecule has 3 aromatic rings. The van der Waals surface area contributed by atoms with E-state index < -0.39 is 5.91 Å². The van der Waals surface area contributed by atoms with Crippen molar-refractivity contribution < 1.29 is 14.0 Å². The second kappa shape index (κ2) is 9.18. The van der Waals surface area contributed by atoms with Gasteiger partial charge >= 0.3 is 0 Å². The van der Waals surface area contributed by atoms with Crippen molar-refractivity contribution in [2.75, 3.05) is 10.6 Å². The molecule has 28 heavy (non-hydrogen) atoms. The van der Waals surface area contributed by atoms with Gasteiger partial charge in [0, 0.05) is 24.2 Å². The van der Waals surface area contributed by atoms with Crippen molar-refractivity contribution in [3.05, 3.63) is 69.9 Å². The highest BCUT2D eigenvalue weighted by Gasteiger charge is 2.14. The largest absolute Gasteiger partial charge is 0.326 e. The molecule has 144 valence electrons. The second-order valence-electron chi connectivity index (χ2n) is 6.06. The van der Waals surface area contributed by atoms with E-state index in [1.54, 1.807) is 0 Å². The Morgan fingerprint density at radius 2 is 1.61 bits per heavy atom. The summed E-state index contributed by atoms with van der Waals surface area (Å²) in [6.07, 6.45) is 1.58. The maximum absolute atomic E-state index is 12.9. The zero-order valence-electron chi connectivity index (χ0n) is 15.2. The van der Waals surface area contributed by atoms with Crippen LogP contribution in [0.2, 0.25) is 0 Å². The summed E-state index contributed by atoms with van der Waals surface area (Å²) in [5.74, 6) is -0.927. The van der Waals surface area contributed by atoms with Crippen molar-refractivity contribution in [1.82, 2.24) is 10.2 Å². The summed E-state index contributed by atoms with van der Waals surface area (Å²) in [6, 6.07) is 13.2. The minimum atomic E-state index is -0.421. The van der Waals surface area contributed by atoms with Crippen molar-refractivity contribution in [2.24, 2.45) is 0 Å². The Bertz CT molecular complexity index is 955. The van der Waals surface area contributed by atoms with Crippen molar-refractivity contribution in [1.29, 1.82) is 0 Å². The highest BCUT2D eigenvalue weighted by atomic mass is 32.1. The van der Waals surface area contributed by atoms with Crippen LogP contribution in [0.1, 0.15) is 33.7 Å². The highest BCUT2D eigenvalue weighted by molar-refractivity contribution is 7.13. The zero-order chi connectivity index (χ0) is 19.9. The van der Waals surface area contributed by atoms with Gasteiger partial charge in [0.05, 0.1) is 0 Å². The molecule has 0 unspecified atom stereocenters. The van der Waals surface area contributed by atoms with E-state index in [-0.39, 0.29) is 23.2 Å². The Hall–Kier alpha value is -3.13. The summed E-state index contributed by atoms with van der Waals surface area (Å²) in [5, 5.41) is 14.1. The maximum Gasteiger partial charge on any atom is 0.286 e. The Balaban J connectivity index is 1.50. The number of hydrogen-bond donors (Lipinski definition) is 2. The summed E-state index contributed by atoms with van der Waals surface area (Å²) in [5.41, 5.74) is 2.42. The molecular formula is C20H19FN4O2S. The Morgan fingerprint density at radius 3 is 2.29 bits per heavy atom. The third-order valence-corrected chi connectivity index (χ3v) is 4.96. The number of rotatable bonds is 7. The first-order valence-corrected chi connectivity index (χ1v) is 9.63. The quantitative estimate of drug-likeness (QED) is 0.629. The van der Waals surface area contributed by atoms with E-state index in [4.69, 9.17) is 0 Å². The number of amides is 2. The molecule has 0 spiro atoms. The first-order valence-electron chi connectivity index (χ1n) is 8.81. The zero-order valence-corrected chi connectivity index (χ0v) is 16.1. The molecule has 0 bridgehead atoms. The van der Waals surface area contributed by atoms with Crippen LogP contribution in [0, 0.1) is 5.82 Å². The third-order valence-electron chi connectivity index (χ3n) is 3.98. The molecule has 0 radical (unpaired) electrons. The van der Waals surface area contributed by atoms with Crippen LogP contribution in [-0.2, 0) is 17.6 Å². The summed E-state index contributed by atoms with van der Waals surface area (Å²) >= 11 is 1.13. The van der Waals surface area contributed by atoms with Crippen LogP contribution >= 0.6 is 11.3 Å². The molecule has 0 aliphatic rings. The number of halogens is 1. The molecule has 0 aliphatic carbocycles. The van der Waals surface area contributed by atoms with Crippen molar-refractivity contribution in [3.8, 4) is 0 Å². The molecule has 0 saturated carbocycles. The van der Waals surface area contributed by atoms with Crippen molar-refractivity contribution in [3.63, 3.8) is 0 Å². The standard InChI is InChI=1S/C20H19FN4O2S/c1-2-13-3-7-15(8-4-13)22-17(26)11-12-18-24-25-20(28-18)19(27)23-16-9-5-14(21)6-10-16/h3-10H,2,11-12H2,1H3,(H,22,26)(H,23,27). The molecule has 0 fully saturated rings. The molecule has 0 atom stereocenters. The lowest BCUT2D eigenvalue weighted by Gasteiger charge is -2.05. The number of aryl methyl sites for hydroxylation is 2. The number of aromatic nitrogens is 2. The minimum absolute atomic E-state index is 0.128. The molecule has 1 heterocycles. The molecule has 1 aromatic heterocycles. The summed E-state index contributed by atoms with van der Waals surface area (Å²) in [6.45, 7) is 2.07. The highest BCUT2D eigenvalue weighted by Crippen LogP contribution is 2.16. The number of hydrogen-bond acceptors (Lipinski definition) is 5. The molecule has 6 nitrogen and oxygen atoms in total. The molecule has 3 rings (SSSR count). The third kappa shape index (κ3) is 5.43. The molecule has 0 saturated heterocycles. The van der Waals surface area contributed by atoms with Gasteiger partial charge in [-0.1, -0.05) is 30.4 Å². The molecule has 2 aromatic carbocycles. The average molecular weight is 398 g/mol. The van der Waals surface area contributed by atoms with Crippen LogP contribution in [0.5, 0.6) is 0 Å². The molecule has 0 aliphatic heterocycles. The molecule has 8 heteroatoms. The van der Waals surface area contributed by atoms with E-state index >= 15 is 0 Å². The van der Waals surface area contributed by atoms with Crippen LogP contribution in [0.15, 0.2) is 48.5 Å². The smallest absolute Gasteiger partial charge is 0.286 e. The van der Waals surface area contributed by atoms with E-state index in [0.717, 1.165) is 23.4 Å². The van der Waals surface area contributed by atoms with E-state index in [2.05, 4.69) is 27.8 Å². The van der Waals surface area contributed by atoms with Gasteiger partial charge in [-0.15, -0.1) is 10.2 Å². The maximum atomic E-state index is 12.9. The first kappa shape index (κ1) is 19.6.